The van der Waals surface area contributed by atoms with Gasteiger partial charge in [0.2, 0.25) is 0 Å². The molecule has 0 amide bonds. The van der Waals surface area contributed by atoms with Crippen molar-refractivity contribution in [3.63, 3.8) is 0 Å². The maximum Gasteiger partial charge on any atom is 0.254 e. The highest BCUT2D eigenvalue weighted by Crippen LogP contribution is 2.37. The van der Waals surface area contributed by atoms with E-state index in [0.717, 1.165) is 11.3 Å². The first kappa shape index (κ1) is 12.2. The molecule has 1 aliphatic rings. The molecule has 98 valence electrons. The van der Waals surface area contributed by atoms with E-state index in [4.69, 9.17) is 0 Å². The topological polar surface area (TPSA) is 45.8 Å². The van der Waals surface area contributed by atoms with Gasteiger partial charge in [-0.2, -0.15) is 0 Å². The van der Waals surface area contributed by atoms with Crippen molar-refractivity contribution in [1.82, 2.24) is 9.97 Å². The van der Waals surface area contributed by atoms with E-state index in [2.05, 4.69) is 28.2 Å². The van der Waals surface area contributed by atoms with E-state index in [1.54, 1.807) is 0 Å². The Morgan fingerprint density at radius 3 is 2.74 bits per heavy atom. The molecular weight excluding hydrogens is 236 g/mol. The molecule has 0 aliphatic heterocycles. The van der Waals surface area contributed by atoms with E-state index in [-0.39, 0.29) is 5.56 Å². The van der Waals surface area contributed by atoms with Gasteiger partial charge in [0.1, 0.15) is 5.82 Å². The lowest BCUT2D eigenvalue weighted by atomic mass is 9.79. The molecule has 0 bridgehead atoms. The number of aromatic nitrogens is 2. The van der Waals surface area contributed by atoms with Crippen LogP contribution in [0.25, 0.3) is 11.3 Å². The van der Waals surface area contributed by atoms with Crippen LogP contribution in [0.1, 0.15) is 42.1 Å². The Morgan fingerprint density at radius 1 is 1.26 bits per heavy atom. The molecule has 0 radical (unpaired) electrons. The summed E-state index contributed by atoms with van der Waals surface area (Å²) in [4.78, 5) is 19.1. The summed E-state index contributed by atoms with van der Waals surface area (Å²) in [5.74, 6) is 1.36. The second-order valence-electron chi connectivity index (χ2n) is 5.38. The largest absolute Gasteiger partial charge is 0.311 e. The molecule has 3 heteroatoms. The Bertz CT molecular complexity index is 669. The van der Waals surface area contributed by atoms with Crippen LogP contribution in [0.2, 0.25) is 0 Å². The van der Waals surface area contributed by atoms with Crippen LogP contribution < -0.4 is 5.56 Å². The fourth-order valence-corrected chi connectivity index (χ4v) is 2.61. The minimum absolute atomic E-state index is 0.0449. The van der Waals surface area contributed by atoms with Gasteiger partial charge in [-0.25, -0.2) is 4.98 Å². The van der Waals surface area contributed by atoms with Gasteiger partial charge in [0.15, 0.2) is 0 Å². The molecule has 2 aromatic rings. The van der Waals surface area contributed by atoms with Crippen molar-refractivity contribution in [3.8, 4) is 11.3 Å². The summed E-state index contributed by atoms with van der Waals surface area (Å²) in [5, 5.41) is 0. The van der Waals surface area contributed by atoms with Gasteiger partial charge < -0.3 is 4.98 Å². The molecule has 1 aliphatic carbocycles. The van der Waals surface area contributed by atoms with Crippen molar-refractivity contribution in [2.75, 3.05) is 0 Å². The number of aryl methyl sites for hydroxylation is 1. The van der Waals surface area contributed by atoms with Crippen molar-refractivity contribution in [2.45, 2.75) is 39.0 Å². The fourth-order valence-electron chi connectivity index (χ4n) is 2.61. The van der Waals surface area contributed by atoms with Crippen LogP contribution in [0.5, 0.6) is 0 Å². The molecule has 1 aromatic carbocycles. The first-order valence-electron chi connectivity index (χ1n) is 6.83. The highest BCUT2D eigenvalue weighted by atomic mass is 16.1. The number of benzene rings is 1. The number of H-pyrrole nitrogens is 1. The Balaban J connectivity index is 2.09. The minimum Gasteiger partial charge on any atom is -0.311 e. The van der Waals surface area contributed by atoms with Gasteiger partial charge in [-0.15, -0.1) is 0 Å². The smallest absolute Gasteiger partial charge is 0.254 e. The van der Waals surface area contributed by atoms with E-state index in [1.807, 2.05) is 19.9 Å². The zero-order valence-corrected chi connectivity index (χ0v) is 11.4. The summed E-state index contributed by atoms with van der Waals surface area (Å²) >= 11 is 0. The maximum atomic E-state index is 11.8. The van der Waals surface area contributed by atoms with Crippen LogP contribution in [-0.2, 0) is 0 Å². The standard InChI is InChI=1S/C16H18N2O/c1-10-15(17-11(2)18-16(10)19)14-8-4-7-13(9-14)12-5-3-6-12/h4,7-9,12H,3,5-6H2,1-2H3,(H,17,18,19). The maximum absolute atomic E-state index is 11.8. The Morgan fingerprint density at radius 2 is 2.05 bits per heavy atom. The third-order valence-corrected chi connectivity index (χ3v) is 4.01. The van der Waals surface area contributed by atoms with E-state index in [0.29, 0.717) is 17.3 Å². The predicted molar refractivity (Wildman–Crippen MR) is 76.4 cm³/mol. The summed E-state index contributed by atoms with van der Waals surface area (Å²) in [7, 11) is 0. The Hall–Kier alpha value is -1.90. The number of hydrogen-bond acceptors (Lipinski definition) is 2. The van der Waals surface area contributed by atoms with Crippen LogP contribution in [0.3, 0.4) is 0 Å². The van der Waals surface area contributed by atoms with Crippen LogP contribution >= 0.6 is 0 Å². The van der Waals surface area contributed by atoms with E-state index >= 15 is 0 Å². The van der Waals surface area contributed by atoms with Crippen LogP contribution in [0, 0.1) is 13.8 Å². The highest BCUT2D eigenvalue weighted by Gasteiger charge is 2.20. The van der Waals surface area contributed by atoms with Gasteiger partial charge in [-0.05, 0) is 44.2 Å². The average molecular weight is 254 g/mol. The molecule has 1 saturated carbocycles. The van der Waals surface area contributed by atoms with E-state index in [1.165, 1.54) is 24.8 Å². The number of nitrogens with one attached hydrogen (secondary N) is 1. The first-order chi connectivity index (χ1) is 9.15. The quantitative estimate of drug-likeness (QED) is 0.893. The zero-order valence-electron chi connectivity index (χ0n) is 11.4. The number of nitrogens with zero attached hydrogens (tertiary/aromatic N) is 1. The summed E-state index contributed by atoms with van der Waals surface area (Å²) in [6.07, 6.45) is 3.89. The summed E-state index contributed by atoms with van der Waals surface area (Å²) in [6.45, 7) is 3.65. The molecule has 0 unspecified atom stereocenters. The van der Waals surface area contributed by atoms with Gasteiger partial charge in [0.25, 0.3) is 5.56 Å². The second-order valence-corrected chi connectivity index (χ2v) is 5.38. The van der Waals surface area contributed by atoms with Gasteiger partial charge in [0, 0.05) is 11.1 Å². The molecule has 1 N–H and O–H groups in total. The molecular formula is C16H18N2O. The molecule has 0 atom stereocenters. The lowest BCUT2D eigenvalue weighted by Crippen LogP contribution is -2.14. The lowest BCUT2D eigenvalue weighted by molar-refractivity contribution is 0.420. The molecule has 3 rings (SSSR count). The van der Waals surface area contributed by atoms with Crippen molar-refractivity contribution < 1.29 is 0 Å². The van der Waals surface area contributed by atoms with Crippen molar-refractivity contribution in [2.24, 2.45) is 0 Å². The van der Waals surface area contributed by atoms with Crippen LogP contribution in [0.4, 0.5) is 0 Å². The Labute approximate surface area is 112 Å². The molecule has 1 heterocycles. The van der Waals surface area contributed by atoms with Gasteiger partial charge in [-0.1, -0.05) is 24.6 Å². The molecule has 1 aromatic heterocycles. The summed E-state index contributed by atoms with van der Waals surface area (Å²) in [5.41, 5.74) is 3.88. The molecule has 19 heavy (non-hydrogen) atoms. The van der Waals surface area contributed by atoms with Crippen LogP contribution in [-0.4, -0.2) is 9.97 Å². The molecule has 1 fully saturated rings. The van der Waals surface area contributed by atoms with E-state index in [9.17, 15) is 4.79 Å². The highest BCUT2D eigenvalue weighted by molar-refractivity contribution is 5.63. The Kier molecular flexibility index (Phi) is 2.97. The molecule has 0 spiro atoms. The monoisotopic (exact) mass is 254 g/mol. The molecule has 3 nitrogen and oxygen atoms in total. The normalized spacial score (nSPS) is 15.3. The molecule has 0 saturated heterocycles. The lowest BCUT2D eigenvalue weighted by Gasteiger charge is -2.26. The third-order valence-electron chi connectivity index (χ3n) is 4.01. The van der Waals surface area contributed by atoms with Crippen LogP contribution in [0.15, 0.2) is 29.1 Å². The summed E-state index contributed by atoms with van der Waals surface area (Å²) < 4.78 is 0. The van der Waals surface area contributed by atoms with Gasteiger partial charge in [0.05, 0.1) is 5.69 Å². The first-order valence-corrected chi connectivity index (χ1v) is 6.83. The zero-order chi connectivity index (χ0) is 13.4. The minimum atomic E-state index is -0.0449. The summed E-state index contributed by atoms with van der Waals surface area (Å²) in [6, 6.07) is 8.48. The van der Waals surface area contributed by atoms with E-state index < -0.39 is 0 Å². The number of hydrogen-bond donors (Lipinski definition) is 1. The third kappa shape index (κ3) is 2.21. The van der Waals surface area contributed by atoms with Crippen molar-refractivity contribution >= 4 is 0 Å². The second kappa shape index (κ2) is 4.65. The van der Waals surface area contributed by atoms with Gasteiger partial charge >= 0.3 is 0 Å². The number of aromatic amines is 1. The number of rotatable bonds is 2. The predicted octanol–water partition coefficient (Wildman–Crippen LogP) is 3.32. The SMILES string of the molecule is Cc1nc(-c2cccc(C3CCC3)c2)c(C)c(=O)[nH]1. The van der Waals surface area contributed by atoms with Crippen molar-refractivity contribution in [1.29, 1.82) is 0 Å². The fraction of sp³-hybridized carbons (Fsp3) is 0.375. The average Bonchev–Trinajstić information content (AvgIpc) is 2.32. The van der Waals surface area contributed by atoms with Crippen molar-refractivity contribution in [3.05, 3.63) is 51.6 Å². The van der Waals surface area contributed by atoms with Gasteiger partial charge in [-0.3, -0.25) is 4.79 Å².